The maximum Gasteiger partial charge on any atom is 0.308 e. The summed E-state index contributed by atoms with van der Waals surface area (Å²) in [6.07, 6.45) is 6.74. The van der Waals surface area contributed by atoms with Crippen LogP contribution in [0.5, 0.6) is 0 Å². The zero-order valence-electron chi connectivity index (χ0n) is 10.9. The molecule has 1 saturated carbocycles. The average molecular weight is 259 g/mol. The summed E-state index contributed by atoms with van der Waals surface area (Å²) in [7, 11) is 1.43. The first-order chi connectivity index (χ1) is 9.24. The highest BCUT2D eigenvalue weighted by Crippen LogP contribution is 2.28. The minimum atomic E-state index is -0.113. The Hall–Kier alpha value is -2.09. The Morgan fingerprint density at radius 3 is 2.84 bits per heavy atom. The summed E-state index contributed by atoms with van der Waals surface area (Å²) in [4.78, 5) is 15.5. The maximum absolute atomic E-state index is 11.4. The zero-order chi connectivity index (χ0) is 13.7. The Labute approximate surface area is 112 Å². The third kappa shape index (κ3) is 3.22. The van der Waals surface area contributed by atoms with Gasteiger partial charge in [0.15, 0.2) is 0 Å². The van der Waals surface area contributed by atoms with Crippen LogP contribution in [-0.2, 0) is 9.53 Å². The van der Waals surface area contributed by atoms with Crippen LogP contribution in [-0.4, -0.2) is 24.1 Å². The van der Waals surface area contributed by atoms with Crippen molar-refractivity contribution in [3.63, 3.8) is 0 Å². The maximum atomic E-state index is 11.4. The van der Waals surface area contributed by atoms with Crippen molar-refractivity contribution in [1.29, 1.82) is 5.26 Å². The van der Waals surface area contributed by atoms with E-state index in [1.807, 2.05) is 0 Å². The lowest BCUT2D eigenvalue weighted by Crippen LogP contribution is -2.30. The van der Waals surface area contributed by atoms with E-state index in [-0.39, 0.29) is 17.9 Å². The van der Waals surface area contributed by atoms with E-state index >= 15 is 0 Å². The molecular weight excluding hydrogens is 242 g/mol. The van der Waals surface area contributed by atoms with E-state index in [2.05, 4.69) is 16.4 Å². The molecule has 1 aromatic heterocycles. The van der Waals surface area contributed by atoms with Crippen LogP contribution in [0.4, 0.5) is 5.69 Å². The Morgan fingerprint density at radius 2 is 2.21 bits per heavy atom. The highest BCUT2D eigenvalue weighted by molar-refractivity contribution is 5.72. The number of nitrogens with zero attached hydrogens (tertiary/aromatic N) is 2. The second-order valence-corrected chi connectivity index (χ2v) is 4.75. The molecule has 19 heavy (non-hydrogen) atoms. The number of aromatic nitrogens is 1. The van der Waals surface area contributed by atoms with Crippen LogP contribution in [0.15, 0.2) is 18.5 Å². The number of esters is 1. The van der Waals surface area contributed by atoms with Crippen molar-refractivity contribution in [2.75, 3.05) is 12.4 Å². The van der Waals surface area contributed by atoms with Gasteiger partial charge in [-0.25, -0.2) is 0 Å². The molecule has 1 heterocycles. The summed E-state index contributed by atoms with van der Waals surface area (Å²) in [5.41, 5.74) is 1.37. The molecule has 0 radical (unpaired) electrons. The number of hydrogen-bond acceptors (Lipinski definition) is 5. The lowest BCUT2D eigenvalue weighted by atomic mass is 9.86. The first kappa shape index (κ1) is 13.3. The van der Waals surface area contributed by atoms with Gasteiger partial charge in [0.1, 0.15) is 6.07 Å². The smallest absolute Gasteiger partial charge is 0.308 e. The van der Waals surface area contributed by atoms with Crippen LogP contribution in [0.3, 0.4) is 0 Å². The zero-order valence-corrected chi connectivity index (χ0v) is 10.9. The molecule has 1 aliphatic rings. The largest absolute Gasteiger partial charge is 0.469 e. The minimum absolute atomic E-state index is 0.0207. The Bertz CT molecular complexity index is 488. The molecule has 0 spiro atoms. The van der Waals surface area contributed by atoms with Gasteiger partial charge >= 0.3 is 5.97 Å². The van der Waals surface area contributed by atoms with Crippen LogP contribution >= 0.6 is 0 Å². The van der Waals surface area contributed by atoms with E-state index in [1.54, 1.807) is 18.5 Å². The number of pyridine rings is 1. The van der Waals surface area contributed by atoms with Crippen molar-refractivity contribution in [2.24, 2.45) is 5.92 Å². The Morgan fingerprint density at radius 1 is 1.47 bits per heavy atom. The van der Waals surface area contributed by atoms with Crippen molar-refractivity contribution in [3.8, 4) is 6.07 Å². The van der Waals surface area contributed by atoms with Crippen LogP contribution in [0.2, 0.25) is 0 Å². The average Bonchev–Trinajstić information content (AvgIpc) is 2.48. The highest BCUT2D eigenvalue weighted by Gasteiger charge is 2.27. The van der Waals surface area contributed by atoms with Crippen LogP contribution in [0, 0.1) is 17.2 Å². The Balaban J connectivity index is 1.93. The van der Waals surface area contributed by atoms with Gasteiger partial charge in [0.25, 0.3) is 0 Å². The third-order valence-electron chi connectivity index (χ3n) is 3.56. The number of ether oxygens (including phenoxy) is 1. The summed E-state index contributed by atoms with van der Waals surface area (Å²) in [6.45, 7) is 0. The molecular formula is C14H17N3O2. The van der Waals surface area contributed by atoms with Crippen molar-refractivity contribution < 1.29 is 9.53 Å². The highest BCUT2D eigenvalue weighted by atomic mass is 16.5. The fourth-order valence-corrected chi connectivity index (χ4v) is 2.47. The van der Waals surface area contributed by atoms with Gasteiger partial charge in [-0.3, -0.25) is 9.78 Å². The van der Waals surface area contributed by atoms with Gasteiger partial charge in [-0.05, 0) is 31.7 Å². The third-order valence-corrected chi connectivity index (χ3v) is 3.56. The summed E-state index contributed by atoms with van der Waals surface area (Å²) >= 11 is 0. The number of carbonyl (C=O) groups excluding carboxylic acids is 1. The summed E-state index contributed by atoms with van der Waals surface area (Å²) < 4.78 is 4.77. The summed E-state index contributed by atoms with van der Waals surface area (Å²) in [5.74, 6) is -0.0927. The molecule has 0 amide bonds. The second kappa shape index (κ2) is 6.19. The van der Waals surface area contributed by atoms with Crippen LogP contribution in [0.25, 0.3) is 0 Å². The van der Waals surface area contributed by atoms with E-state index in [0.717, 1.165) is 31.4 Å². The van der Waals surface area contributed by atoms with Gasteiger partial charge in [-0.1, -0.05) is 0 Å². The molecule has 1 N–H and O–H groups in total. The summed E-state index contributed by atoms with van der Waals surface area (Å²) in [5, 5.41) is 12.4. The monoisotopic (exact) mass is 259 g/mol. The topological polar surface area (TPSA) is 75.0 Å². The summed E-state index contributed by atoms with van der Waals surface area (Å²) in [6, 6.07) is 4.13. The molecule has 1 aliphatic carbocycles. The van der Waals surface area contributed by atoms with Crippen LogP contribution in [0.1, 0.15) is 31.2 Å². The molecule has 0 aliphatic heterocycles. The minimum Gasteiger partial charge on any atom is -0.469 e. The van der Waals surface area contributed by atoms with E-state index in [1.165, 1.54) is 7.11 Å². The van der Waals surface area contributed by atoms with Gasteiger partial charge in [0.05, 0.1) is 30.5 Å². The number of rotatable bonds is 3. The lowest BCUT2D eigenvalue weighted by molar-refractivity contribution is -0.146. The van der Waals surface area contributed by atoms with Gasteiger partial charge in [-0.15, -0.1) is 0 Å². The number of methoxy groups -OCH3 is 1. The van der Waals surface area contributed by atoms with Crippen molar-refractivity contribution in [2.45, 2.75) is 31.7 Å². The van der Waals surface area contributed by atoms with E-state index < -0.39 is 0 Å². The molecule has 0 saturated heterocycles. The molecule has 5 heteroatoms. The van der Waals surface area contributed by atoms with Crippen LogP contribution < -0.4 is 5.32 Å². The SMILES string of the molecule is COC(=O)C1CCC(Nc2cnccc2C#N)CC1. The van der Waals surface area contributed by atoms with E-state index in [4.69, 9.17) is 10.00 Å². The quantitative estimate of drug-likeness (QED) is 0.841. The van der Waals surface area contributed by atoms with Gasteiger partial charge in [0, 0.05) is 12.2 Å². The predicted octanol–water partition coefficient (Wildman–Crippen LogP) is 2.10. The molecule has 0 aromatic carbocycles. The first-order valence-corrected chi connectivity index (χ1v) is 6.43. The molecule has 2 rings (SSSR count). The fourth-order valence-electron chi connectivity index (χ4n) is 2.47. The predicted molar refractivity (Wildman–Crippen MR) is 70.3 cm³/mol. The molecule has 1 fully saturated rings. The molecule has 5 nitrogen and oxygen atoms in total. The normalized spacial score (nSPS) is 22.3. The van der Waals surface area contributed by atoms with Gasteiger partial charge in [0.2, 0.25) is 0 Å². The van der Waals surface area contributed by atoms with Crippen molar-refractivity contribution >= 4 is 11.7 Å². The standard InChI is InChI=1S/C14H17N3O2/c1-19-14(18)10-2-4-12(5-3-10)17-13-9-16-7-6-11(13)8-15/h6-7,9-10,12,17H,2-5H2,1H3. The van der Waals surface area contributed by atoms with Gasteiger partial charge < -0.3 is 10.1 Å². The fraction of sp³-hybridized carbons (Fsp3) is 0.500. The lowest BCUT2D eigenvalue weighted by Gasteiger charge is -2.28. The van der Waals surface area contributed by atoms with Crippen molar-refractivity contribution in [1.82, 2.24) is 4.98 Å². The number of anilines is 1. The first-order valence-electron chi connectivity index (χ1n) is 6.43. The Kier molecular flexibility index (Phi) is 4.35. The van der Waals surface area contributed by atoms with E-state index in [9.17, 15) is 4.79 Å². The second-order valence-electron chi connectivity index (χ2n) is 4.75. The molecule has 100 valence electrons. The number of hydrogen-bond donors (Lipinski definition) is 1. The van der Waals surface area contributed by atoms with Crippen molar-refractivity contribution in [3.05, 3.63) is 24.0 Å². The number of nitrogens with one attached hydrogen (secondary N) is 1. The van der Waals surface area contributed by atoms with Gasteiger partial charge in [-0.2, -0.15) is 5.26 Å². The number of carbonyl (C=O) groups is 1. The molecule has 1 aromatic rings. The molecule has 0 atom stereocenters. The number of nitriles is 1. The molecule has 0 bridgehead atoms. The molecule has 0 unspecified atom stereocenters. The van der Waals surface area contributed by atoms with E-state index in [0.29, 0.717) is 5.56 Å².